The Bertz CT molecular complexity index is 1330. The fourth-order valence-corrected chi connectivity index (χ4v) is 3.60. The first-order valence-electron chi connectivity index (χ1n) is 11.6. The van der Waals surface area contributed by atoms with Crippen LogP contribution in [0.2, 0.25) is 10.0 Å². The minimum atomic E-state index is -0.673. The van der Waals surface area contributed by atoms with Crippen LogP contribution >= 0.6 is 23.2 Å². The Labute approximate surface area is 229 Å². The third-order valence-corrected chi connectivity index (χ3v) is 5.41. The van der Waals surface area contributed by atoms with Crippen molar-refractivity contribution in [3.63, 3.8) is 0 Å². The lowest BCUT2D eigenvalue weighted by Gasteiger charge is -2.12. The number of carbonyl (C=O) groups is 3. The molecule has 2 amide bonds. The lowest BCUT2D eigenvalue weighted by Crippen LogP contribution is -2.34. The number of esters is 1. The van der Waals surface area contributed by atoms with Crippen LogP contribution in [0.3, 0.4) is 0 Å². The van der Waals surface area contributed by atoms with E-state index in [1.807, 2.05) is 6.92 Å². The van der Waals surface area contributed by atoms with Crippen molar-refractivity contribution in [2.75, 3.05) is 19.8 Å². The second-order valence-electron chi connectivity index (χ2n) is 7.59. The number of nitrogens with one attached hydrogen (secondary N) is 2. The van der Waals surface area contributed by atoms with Crippen LogP contribution < -0.4 is 25.0 Å². The average molecular weight is 558 g/mol. The molecule has 0 aliphatic carbocycles. The number of hydrogen-bond donors (Lipinski definition) is 2. The average Bonchev–Trinajstić information content (AvgIpc) is 2.89. The molecule has 0 unspecified atom stereocenters. The topological polar surface area (TPSA) is 115 Å². The van der Waals surface area contributed by atoms with E-state index in [-0.39, 0.29) is 22.9 Å². The van der Waals surface area contributed by atoms with Crippen molar-refractivity contribution in [2.24, 2.45) is 5.10 Å². The zero-order valence-electron chi connectivity index (χ0n) is 20.6. The van der Waals surface area contributed by atoms with Crippen LogP contribution in [-0.4, -0.2) is 43.8 Å². The molecule has 0 radical (unpaired) electrons. The summed E-state index contributed by atoms with van der Waals surface area (Å²) in [6, 6.07) is 15.8. The smallest absolute Gasteiger partial charge is 0.345 e. The Balaban J connectivity index is 1.56. The molecule has 0 aliphatic heterocycles. The second kappa shape index (κ2) is 14.0. The number of benzene rings is 3. The molecule has 0 atom stereocenters. The van der Waals surface area contributed by atoms with E-state index in [4.69, 9.17) is 37.4 Å². The van der Waals surface area contributed by atoms with Crippen molar-refractivity contribution in [3.8, 4) is 17.2 Å². The molecule has 0 heterocycles. The van der Waals surface area contributed by atoms with Crippen LogP contribution in [0, 0.1) is 0 Å². The molecule has 0 fully saturated rings. The molecule has 0 bridgehead atoms. The Morgan fingerprint density at radius 2 is 1.63 bits per heavy atom. The molecule has 0 saturated heterocycles. The van der Waals surface area contributed by atoms with Crippen molar-refractivity contribution < 1.29 is 28.6 Å². The second-order valence-corrected chi connectivity index (χ2v) is 8.43. The number of hydrazone groups is 1. The van der Waals surface area contributed by atoms with Crippen LogP contribution in [0.15, 0.2) is 65.8 Å². The Morgan fingerprint density at radius 3 is 2.32 bits per heavy atom. The van der Waals surface area contributed by atoms with Crippen molar-refractivity contribution >= 4 is 47.2 Å². The van der Waals surface area contributed by atoms with E-state index in [9.17, 15) is 14.4 Å². The third-order valence-electron chi connectivity index (χ3n) is 4.86. The van der Waals surface area contributed by atoms with Crippen LogP contribution in [0.4, 0.5) is 0 Å². The predicted molar refractivity (Wildman–Crippen MR) is 145 cm³/mol. The zero-order valence-corrected chi connectivity index (χ0v) is 22.1. The maximum Gasteiger partial charge on any atom is 0.345 e. The van der Waals surface area contributed by atoms with Crippen molar-refractivity contribution in [3.05, 3.63) is 87.4 Å². The Kier molecular flexibility index (Phi) is 10.5. The van der Waals surface area contributed by atoms with Gasteiger partial charge in [-0.15, -0.1) is 0 Å². The summed E-state index contributed by atoms with van der Waals surface area (Å²) in [4.78, 5) is 36.8. The van der Waals surface area contributed by atoms with E-state index < -0.39 is 17.8 Å². The molecule has 3 rings (SSSR count). The Hall–Kier alpha value is -4.08. The van der Waals surface area contributed by atoms with Gasteiger partial charge in [-0.25, -0.2) is 10.2 Å². The first-order valence-corrected chi connectivity index (χ1v) is 12.3. The van der Waals surface area contributed by atoms with Gasteiger partial charge in [-0.05, 0) is 80.1 Å². The molecule has 0 aliphatic rings. The van der Waals surface area contributed by atoms with Crippen LogP contribution in [0.1, 0.15) is 40.1 Å². The molecular formula is C27H25Cl2N3O6. The number of halogens is 2. The van der Waals surface area contributed by atoms with E-state index in [0.717, 1.165) is 0 Å². The van der Waals surface area contributed by atoms with Crippen LogP contribution in [0.25, 0.3) is 0 Å². The summed E-state index contributed by atoms with van der Waals surface area (Å²) in [7, 11) is 0. The highest BCUT2D eigenvalue weighted by atomic mass is 35.5. The highest BCUT2D eigenvalue weighted by molar-refractivity contribution is 6.36. The van der Waals surface area contributed by atoms with Gasteiger partial charge in [-0.3, -0.25) is 9.59 Å². The van der Waals surface area contributed by atoms with Gasteiger partial charge >= 0.3 is 5.97 Å². The number of rotatable bonds is 11. The van der Waals surface area contributed by atoms with E-state index in [0.29, 0.717) is 40.9 Å². The van der Waals surface area contributed by atoms with Gasteiger partial charge in [-0.2, -0.15) is 5.10 Å². The monoisotopic (exact) mass is 557 g/mol. The van der Waals surface area contributed by atoms with Gasteiger partial charge < -0.3 is 19.5 Å². The molecule has 9 nitrogen and oxygen atoms in total. The minimum absolute atomic E-state index is 0.154. The quantitative estimate of drug-likeness (QED) is 0.150. The first-order chi connectivity index (χ1) is 18.3. The zero-order chi connectivity index (χ0) is 27.5. The fraction of sp³-hybridized carbons (Fsp3) is 0.185. The summed E-state index contributed by atoms with van der Waals surface area (Å²) in [5.41, 5.74) is 3.45. The number of hydrogen-bond acceptors (Lipinski definition) is 7. The summed E-state index contributed by atoms with van der Waals surface area (Å²) < 4.78 is 16.4. The first kappa shape index (κ1) is 28.5. The van der Waals surface area contributed by atoms with Gasteiger partial charge in [0.05, 0.1) is 36.6 Å². The van der Waals surface area contributed by atoms with Gasteiger partial charge in [0.25, 0.3) is 11.8 Å². The van der Waals surface area contributed by atoms with Crippen molar-refractivity contribution in [1.29, 1.82) is 0 Å². The summed E-state index contributed by atoms with van der Waals surface area (Å²) in [5.74, 6) is -0.464. The third kappa shape index (κ3) is 8.22. The molecule has 11 heteroatoms. The molecule has 3 aromatic carbocycles. The van der Waals surface area contributed by atoms with Gasteiger partial charge in [0.15, 0.2) is 11.5 Å². The van der Waals surface area contributed by atoms with Gasteiger partial charge in [-0.1, -0.05) is 23.2 Å². The maximum absolute atomic E-state index is 12.6. The molecule has 0 aromatic heterocycles. The number of ether oxygens (including phenoxy) is 3. The molecule has 198 valence electrons. The maximum atomic E-state index is 12.6. The SMILES string of the molecule is CCOc1ccc(C(=O)NCC(=O)N/N=C\c2ccc(OC(=O)c3ccc(Cl)cc3Cl)c(OCC)c2)cc1. The molecule has 0 spiro atoms. The highest BCUT2D eigenvalue weighted by Crippen LogP contribution is 2.30. The standard InChI is InChI=1S/C27H25Cl2N3O6/c1-3-36-20-9-6-18(7-10-20)26(34)30-16-25(33)32-31-15-17-5-12-23(24(13-17)37-4-2)38-27(35)21-11-8-19(28)14-22(21)29/h5-15H,3-4,16H2,1-2H3,(H,30,34)(H,32,33)/b31-15-. The van der Waals surface area contributed by atoms with Gasteiger partial charge in [0.1, 0.15) is 5.75 Å². The molecule has 2 N–H and O–H groups in total. The van der Waals surface area contributed by atoms with Crippen LogP contribution in [0.5, 0.6) is 17.2 Å². The van der Waals surface area contributed by atoms with Gasteiger partial charge in [0.2, 0.25) is 0 Å². The Morgan fingerprint density at radius 1 is 0.895 bits per heavy atom. The number of amides is 2. The summed E-state index contributed by atoms with van der Waals surface area (Å²) in [6.45, 7) is 4.22. The van der Waals surface area contributed by atoms with Crippen molar-refractivity contribution in [2.45, 2.75) is 13.8 Å². The summed E-state index contributed by atoms with van der Waals surface area (Å²) in [6.07, 6.45) is 1.39. The van der Waals surface area contributed by atoms with E-state index in [2.05, 4.69) is 15.8 Å². The predicted octanol–water partition coefficient (Wildman–Crippen LogP) is 4.89. The minimum Gasteiger partial charge on any atom is -0.494 e. The number of nitrogens with zero attached hydrogens (tertiary/aromatic N) is 1. The summed E-state index contributed by atoms with van der Waals surface area (Å²) in [5, 5.41) is 6.98. The van der Waals surface area contributed by atoms with Crippen molar-refractivity contribution in [1.82, 2.24) is 10.7 Å². The van der Waals surface area contributed by atoms with E-state index in [1.165, 1.54) is 30.5 Å². The van der Waals surface area contributed by atoms with Gasteiger partial charge in [0, 0.05) is 10.6 Å². The molecular weight excluding hydrogens is 533 g/mol. The lowest BCUT2D eigenvalue weighted by atomic mass is 10.2. The van der Waals surface area contributed by atoms with Crippen LogP contribution in [-0.2, 0) is 4.79 Å². The fourth-order valence-electron chi connectivity index (χ4n) is 3.12. The highest BCUT2D eigenvalue weighted by Gasteiger charge is 2.16. The lowest BCUT2D eigenvalue weighted by molar-refractivity contribution is -0.120. The molecule has 0 saturated carbocycles. The summed E-state index contributed by atoms with van der Waals surface area (Å²) >= 11 is 12.0. The number of carbonyl (C=O) groups excluding carboxylic acids is 3. The van der Waals surface area contributed by atoms with E-state index in [1.54, 1.807) is 43.3 Å². The largest absolute Gasteiger partial charge is 0.494 e. The normalized spacial score (nSPS) is 10.6. The molecule has 38 heavy (non-hydrogen) atoms. The molecule has 3 aromatic rings. The van der Waals surface area contributed by atoms with E-state index >= 15 is 0 Å².